The molecule has 2 aromatic rings. The van der Waals surface area contributed by atoms with E-state index < -0.39 is 0 Å². The van der Waals surface area contributed by atoms with Gasteiger partial charge in [-0.05, 0) is 69.0 Å². The van der Waals surface area contributed by atoms with Gasteiger partial charge in [0.1, 0.15) is 5.82 Å². The largest absolute Gasteiger partial charge is 0.369 e. The molecule has 2 aliphatic heterocycles. The lowest BCUT2D eigenvalue weighted by molar-refractivity contribution is -0.116. The highest BCUT2D eigenvalue weighted by Crippen LogP contribution is 2.33. The summed E-state index contributed by atoms with van der Waals surface area (Å²) in [6.07, 6.45) is 6.96. The number of nitrogens with zero attached hydrogens (tertiary/aromatic N) is 3. The SMILES string of the molecule is O=C1CCc2ccc(CCCCCN3CCCN(c4cccc(Cl)c4Cl)CC3)nc2N1. The maximum Gasteiger partial charge on any atom is 0.225 e. The van der Waals surface area contributed by atoms with Crippen molar-refractivity contribution in [2.24, 2.45) is 0 Å². The van der Waals surface area contributed by atoms with Crippen LogP contribution in [0.3, 0.4) is 0 Å². The summed E-state index contributed by atoms with van der Waals surface area (Å²) in [5, 5.41) is 4.18. The van der Waals surface area contributed by atoms with Gasteiger partial charge in [-0.25, -0.2) is 4.98 Å². The minimum absolute atomic E-state index is 0.0748. The van der Waals surface area contributed by atoms with E-state index in [2.05, 4.69) is 38.3 Å². The number of anilines is 2. The van der Waals surface area contributed by atoms with Crippen molar-refractivity contribution in [3.63, 3.8) is 0 Å². The number of hydrogen-bond acceptors (Lipinski definition) is 4. The van der Waals surface area contributed by atoms with Crippen LogP contribution in [0, 0.1) is 0 Å². The summed E-state index contributed by atoms with van der Waals surface area (Å²) in [4.78, 5) is 21.1. The highest BCUT2D eigenvalue weighted by atomic mass is 35.5. The highest BCUT2D eigenvalue weighted by Gasteiger charge is 2.18. The van der Waals surface area contributed by atoms with E-state index in [0.717, 1.165) is 81.2 Å². The molecule has 0 aliphatic carbocycles. The van der Waals surface area contributed by atoms with E-state index in [1.54, 1.807) is 0 Å². The van der Waals surface area contributed by atoms with Gasteiger partial charge >= 0.3 is 0 Å². The number of pyridine rings is 1. The van der Waals surface area contributed by atoms with E-state index >= 15 is 0 Å². The van der Waals surface area contributed by atoms with Crippen LogP contribution < -0.4 is 10.2 Å². The van der Waals surface area contributed by atoms with E-state index in [1.807, 2.05) is 12.1 Å². The van der Waals surface area contributed by atoms with Crippen molar-refractivity contribution in [1.82, 2.24) is 9.88 Å². The number of amides is 1. The van der Waals surface area contributed by atoms with E-state index in [4.69, 9.17) is 23.2 Å². The van der Waals surface area contributed by atoms with E-state index in [1.165, 1.54) is 12.8 Å². The molecule has 3 heterocycles. The number of aryl methyl sites for hydroxylation is 2. The van der Waals surface area contributed by atoms with E-state index in [-0.39, 0.29) is 5.91 Å². The van der Waals surface area contributed by atoms with Crippen molar-refractivity contribution in [2.75, 3.05) is 42.9 Å². The van der Waals surface area contributed by atoms with Crippen LogP contribution in [0.1, 0.15) is 43.4 Å². The second-order valence-corrected chi connectivity index (χ2v) is 9.21. The molecule has 1 aromatic heterocycles. The second-order valence-electron chi connectivity index (χ2n) is 8.42. The number of nitrogens with one attached hydrogen (secondary N) is 1. The fourth-order valence-corrected chi connectivity index (χ4v) is 4.83. The maximum absolute atomic E-state index is 11.6. The lowest BCUT2D eigenvalue weighted by Crippen LogP contribution is -2.31. The maximum atomic E-state index is 11.6. The Hall–Kier alpha value is -1.82. The Balaban J connectivity index is 1.18. The smallest absolute Gasteiger partial charge is 0.225 e. The first-order valence-electron chi connectivity index (χ1n) is 11.3. The van der Waals surface area contributed by atoms with Crippen molar-refractivity contribution in [3.8, 4) is 0 Å². The quantitative estimate of drug-likeness (QED) is 0.576. The molecule has 1 N–H and O–H groups in total. The van der Waals surface area contributed by atoms with Crippen molar-refractivity contribution < 1.29 is 4.79 Å². The molecule has 1 aromatic carbocycles. The van der Waals surface area contributed by atoms with Crippen LogP contribution in [-0.4, -0.2) is 48.5 Å². The Kier molecular flexibility index (Phi) is 7.70. The summed E-state index contributed by atoms with van der Waals surface area (Å²) >= 11 is 12.6. The molecule has 0 atom stereocenters. The van der Waals surface area contributed by atoms with Gasteiger partial charge in [0, 0.05) is 31.7 Å². The highest BCUT2D eigenvalue weighted by molar-refractivity contribution is 6.43. The fraction of sp³-hybridized carbons (Fsp3) is 0.500. The summed E-state index contributed by atoms with van der Waals surface area (Å²) in [5.41, 5.74) is 3.27. The molecule has 0 spiro atoms. The number of rotatable bonds is 7. The molecule has 5 nitrogen and oxygen atoms in total. The van der Waals surface area contributed by atoms with Crippen LogP contribution in [0.15, 0.2) is 30.3 Å². The van der Waals surface area contributed by atoms with E-state index in [0.29, 0.717) is 16.5 Å². The number of halogens is 2. The lowest BCUT2D eigenvalue weighted by Gasteiger charge is -2.25. The molecule has 0 unspecified atom stereocenters. The number of carbonyl (C=O) groups is 1. The number of aromatic nitrogens is 1. The normalized spacial score (nSPS) is 17.2. The predicted molar refractivity (Wildman–Crippen MR) is 128 cm³/mol. The van der Waals surface area contributed by atoms with Gasteiger partial charge in [0.15, 0.2) is 0 Å². The Morgan fingerprint density at radius 2 is 1.87 bits per heavy atom. The number of benzene rings is 1. The minimum Gasteiger partial charge on any atom is -0.369 e. The zero-order valence-electron chi connectivity index (χ0n) is 17.9. The summed E-state index contributed by atoms with van der Waals surface area (Å²) in [6.45, 7) is 5.29. The van der Waals surface area contributed by atoms with Crippen molar-refractivity contribution in [2.45, 2.75) is 44.9 Å². The molecule has 1 amide bonds. The average Bonchev–Trinajstić information content (AvgIpc) is 3.01. The summed E-state index contributed by atoms with van der Waals surface area (Å²) in [5.74, 6) is 0.841. The average molecular weight is 461 g/mol. The van der Waals surface area contributed by atoms with E-state index in [9.17, 15) is 4.79 Å². The van der Waals surface area contributed by atoms with Gasteiger partial charge in [-0.1, -0.05) is 41.8 Å². The first-order chi connectivity index (χ1) is 15.1. The Morgan fingerprint density at radius 1 is 0.968 bits per heavy atom. The molecular weight excluding hydrogens is 431 g/mol. The van der Waals surface area contributed by atoms with Crippen molar-refractivity contribution in [3.05, 3.63) is 51.6 Å². The van der Waals surface area contributed by atoms with Gasteiger partial charge in [-0.2, -0.15) is 0 Å². The van der Waals surface area contributed by atoms with Crippen molar-refractivity contribution in [1.29, 1.82) is 0 Å². The molecule has 0 radical (unpaired) electrons. The monoisotopic (exact) mass is 460 g/mol. The van der Waals surface area contributed by atoms with Crippen LogP contribution in [0.2, 0.25) is 10.0 Å². The third-order valence-corrected chi connectivity index (χ3v) is 6.99. The van der Waals surface area contributed by atoms with Crippen LogP contribution in [-0.2, 0) is 17.6 Å². The Morgan fingerprint density at radius 3 is 2.77 bits per heavy atom. The second kappa shape index (κ2) is 10.7. The number of unbranched alkanes of at least 4 members (excludes halogenated alkanes) is 2. The zero-order chi connectivity index (χ0) is 21.6. The molecule has 1 fully saturated rings. The molecule has 4 rings (SSSR count). The standard InChI is InChI=1S/C24H30Cl2N4O/c25-20-7-4-8-21(23(20)26)30-15-5-14-29(16-17-30)13-3-1-2-6-19-11-9-18-10-12-22(31)28-24(18)27-19/h4,7-9,11H,1-3,5-6,10,12-17H2,(H,27,28,31). The molecule has 2 aliphatic rings. The first kappa shape index (κ1) is 22.4. The third kappa shape index (κ3) is 5.91. The number of carbonyl (C=O) groups excluding carboxylic acids is 1. The van der Waals surface area contributed by atoms with Crippen LogP contribution in [0.4, 0.5) is 11.5 Å². The molecule has 166 valence electrons. The Bertz CT molecular complexity index is 920. The molecule has 0 saturated carbocycles. The van der Waals surface area contributed by atoms with Gasteiger partial charge in [-0.15, -0.1) is 0 Å². The third-order valence-electron chi connectivity index (χ3n) is 6.18. The van der Waals surface area contributed by atoms with Crippen molar-refractivity contribution >= 4 is 40.6 Å². The summed E-state index contributed by atoms with van der Waals surface area (Å²) in [6, 6.07) is 10.1. The van der Waals surface area contributed by atoms with Gasteiger partial charge < -0.3 is 15.1 Å². The van der Waals surface area contributed by atoms with Gasteiger partial charge in [0.05, 0.1) is 15.7 Å². The minimum atomic E-state index is 0.0748. The van der Waals surface area contributed by atoms with Gasteiger partial charge in [0.25, 0.3) is 0 Å². The Labute approximate surface area is 194 Å². The van der Waals surface area contributed by atoms with Gasteiger partial charge in [0.2, 0.25) is 5.91 Å². The van der Waals surface area contributed by atoms with Gasteiger partial charge in [-0.3, -0.25) is 4.79 Å². The predicted octanol–water partition coefficient (Wildman–Crippen LogP) is 5.20. The summed E-state index contributed by atoms with van der Waals surface area (Å²) < 4.78 is 0. The first-order valence-corrected chi connectivity index (χ1v) is 12.1. The van der Waals surface area contributed by atoms with Crippen LogP contribution in [0.25, 0.3) is 0 Å². The molecular formula is C24H30Cl2N4O. The fourth-order valence-electron chi connectivity index (χ4n) is 4.41. The number of hydrogen-bond donors (Lipinski definition) is 1. The molecule has 0 bridgehead atoms. The molecule has 1 saturated heterocycles. The van der Waals surface area contributed by atoms with Crippen LogP contribution >= 0.6 is 23.2 Å². The number of fused-ring (bicyclic) bond motifs is 1. The topological polar surface area (TPSA) is 48.5 Å². The van der Waals surface area contributed by atoms with Crippen LogP contribution in [0.5, 0.6) is 0 Å². The molecule has 7 heteroatoms. The zero-order valence-corrected chi connectivity index (χ0v) is 19.4. The summed E-state index contributed by atoms with van der Waals surface area (Å²) in [7, 11) is 0. The molecule has 31 heavy (non-hydrogen) atoms. The lowest BCUT2D eigenvalue weighted by atomic mass is 10.0.